The molecule has 1 heterocycles. The summed E-state index contributed by atoms with van der Waals surface area (Å²) in [6, 6.07) is 15.5. The smallest absolute Gasteiger partial charge is 0.248 e. The topological polar surface area (TPSA) is 72.7 Å². The molecule has 0 spiro atoms. The molecule has 1 amide bonds. The second-order valence-corrected chi connectivity index (χ2v) is 7.05. The molecular weight excluding hydrogens is 394 g/mol. The fourth-order valence-corrected chi connectivity index (χ4v) is 2.75. The summed E-state index contributed by atoms with van der Waals surface area (Å²) in [5.74, 6) is 0.806. The van der Waals surface area contributed by atoms with Gasteiger partial charge in [0.05, 0.1) is 0 Å². The maximum Gasteiger partial charge on any atom is 0.248 e. The summed E-state index contributed by atoms with van der Waals surface area (Å²) < 4.78 is 0.979. The van der Waals surface area contributed by atoms with E-state index in [1.807, 2.05) is 48.5 Å². The second kappa shape index (κ2) is 8.23. The van der Waals surface area contributed by atoms with Crippen molar-refractivity contribution >= 4 is 27.5 Å². The van der Waals surface area contributed by atoms with Gasteiger partial charge in [0.1, 0.15) is 6.54 Å². The third kappa shape index (κ3) is 4.54. The number of nitrogens with zero attached hydrogens (tertiary/aromatic N) is 4. The summed E-state index contributed by atoms with van der Waals surface area (Å²) in [4.78, 5) is 13.5. The van der Waals surface area contributed by atoms with E-state index >= 15 is 0 Å². The van der Waals surface area contributed by atoms with Crippen molar-refractivity contribution in [2.24, 2.45) is 0 Å². The van der Waals surface area contributed by atoms with Crippen LogP contribution < -0.4 is 5.32 Å². The molecule has 0 aliphatic rings. The van der Waals surface area contributed by atoms with Crippen LogP contribution >= 0.6 is 15.9 Å². The molecule has 3 aromatic rings. The Bertz CT molecular complexity index is 874. The lowest BCUT2D eigenvalue weighted by Crippen LogP contribution is -2.20. The van der Waals surface area contributed by atoms with Gasteiger partial charge >= 0.3 is 0 Å². The van der Waals surface area contributed by atoms with Crippen LogP contribution in [0.15, 0.2) is 53.0 Å². The van der Waals surface area contributed by atoms with E-state index in [1.165, 1.54) is 10.4 Å². The zero-order valence-electron chi connectivity index (χ0n) is 14.7. The Balaban J connectivity index is 1.61. The van der Waals surface area contributed by atoms with Gasteiger partial charge in [-0.25, -0.2) is 0 Å². The van der Waals surface area contributed by atoms with Crippen molar-refractivity contribution in [2.75, 3.05) is 5.32 Å². The van der Waals surface area contributed by atoms with Crippen molar-refractivity contribution in [3.63, 3.8) is 0 Å². The minimum absolute atomic E-state index is 0.0106. The molecule has 0 unspecified atom stereocenters. The SMILES string of the molecule is CC[C@H](C)c1ccc(NC(=O)Cn2nnc(-c3ccc(Br)cc3)n2)cc1. The fraction of sp³-hybridized carbons (Fsp3) is 0.263. The lowest BCUT2D eigenvalue weighted by molar-refractivity contribution is -0.117. The molecule has 2 aromatic carbocycles. The van der Waals surface area contributed by atoms with E-state index < -0.39 is 0 Å². The van der Waals surface area contributed by atoms with E-state index in [9.17, 15) is 4.79 Å². The number of carbonyl (C=O) groups is 1. The number of nitrogens with one attached hydrogen (secondary N) is 1. The number of carbonyl (C=O) groups excluding carboxylic acids is 1. The van der Waals surface area contributed by atoms with Gasteiger partial charge in [0.2, 0.25) is 11.7 Å². The highest BCUT2D eigenvalue weighted by Gasteiger charge is 2.10. The molecule has 0 saturated heterocycles. The van der Waals surface area contributed by atoms with Crippen LogP contribution in [0.5, 0.6) is 0 Å². The highest BCUT2D eigenvalue weighted by atomic mass is 79.9. The van der Waals surface area contributed by atoms with Crippen LogP contribution in [0.3, 0.4) is 0 Å². The highest BCUT2D eigenvalue weighted by Crippen LogP contribution is 2.20. The summed E-state index contributed by atoms with van der Waals surface area (Å²) >= 11 is 3.39. The molecule has 0 saturated carbocycles. The molecule has 3 rings (SSSR count). The summed E-state index contributed by atoms with van der Waals surface area (Å²) in [7, 11) is 0. The molecule has 0 fully saturated rings. The molecule has 26 heavy (non-hydrogen) atoms. The first-order valence-corrected chi connectivity index (χ1v) is 9.28. The molecule has 6 nitrogen and oxygen atoms in total. The van der Waals surface area contributed by atoms with Crippen molar-refractivity contribution in [3.05, 3.63) is 58.6 Å². The third-order valence-corrected chi connectivity index (χ3v) is 4.74. The van der Waals surface area contributed by atoms with Crippen molar-refractivity contribution in [2.45, 2.75) is 32.7 Å². The fourth-order valence-electron chi connectivity index (χ4n) is 2.48. The van der Waals surface area contributed by atoms with Gasteiger partial charge in [-0.2, -0.15) is 4.80 Å². The van der Waals surface area contributed by atoms with Crippen LogP contribution in [0.2, 0.25) is 0 Å². The average Bonchev–Trinajstić information content (AvgIpc) is 3.10. The number of halogens is 1. The van der Waals surface area contributed by atoms with Crippen LogP contribution in [0.1, 0.15) is 31.7 Å². The Hall–Kier alpha value is -2.54. The zero-order chi connectivity index (χ0) is 18.5. The number of amides is 1. The van der Waals surface area contributed by atoms with Crippen LogP contribution in [0.25, 0.3) is 11.4 Å². The molecule has 7 heteroatoms. The minimum Gasteiger partial charge on any atom is -0.324 e. The molecule has 0 bridgehead atoms. The predicted octanol–water partition coefficient (Wildman–Crippen LogP) is 4.25. The van der Waals surface area contributed by atoms with Crippen LogP contribution in [-0.4, -0.2) is 26.1 Å². The van der Waals surface area contributed by atoms with Crippen LogP contribution in [0, 0.1) is 0 Å². The van der Waals surface area contributed by atoms with E-state index in [0.29, 0.717) is 11.7 Å². The zero-order valence-corrected chi connectivity index (χ0v) is 16.3. The van der Waals surface area contributed by atoms with E-state index in [0.717, 1.165) is 22.1 Å². The quantitative estimate of drug-likeness (QED) is 0.655. The van der Waals surface area contributed by atoms with Gasteiger partial charge in [-0.1, -0.05) is 41.9 Å². The first-order chi connectivity index (χ1) is 12.5. The summed E-state index contributed by atoms with van der Waals surface area (Å²) in [5.41, 5.74) is 2.87. The van der Waals surface area contributed by atoms with E-state index in [1.54, 1.807) is 0 Å². The predicted molar refractivity (Wildman–Crippen MR) is 105 cm³/mol. The largest absolute Gasteiger partial charge is 0.324 e. The van der Waals surface area contributed by atoms with Gasteiger partial charge < -0.3 is 5.32 Å². The van der Waals surface area contributed by atoms with Crippen molar-refractivity contribution < 1.29 is 4.79 Å². The van der Waals surface area contributed by atoms with Crippen molar-refractivity contribution in [3.8, 4) is 11.4 Å². The van der Waals surface area contributed by atoms with E-state index in [2.05, 4.69) is 50.5 Å². The Morgan fingerprint density at radius 3 is 2.50 bits per heavy atom. The van der Waals surface area contributed by atoms with Gasteiger partial charge in [0, 0.05) is 15.7 Å². The van der Waals surface area contributed by atoms with Gasteiger partial charge in [-0.05, 0) is 59.5 Å². The summed E-state index contributed by atoms with van der Waals surface area (Å²) in [5, 5.41) is 15.1. The number of hydrogen-bond donors (Lipinski definition) is 1. The Morgan fingerprint density at radius 2 is 1.85 bits per heavy atom. The first-order valence-electron chi connectivity index (χ1n) is 8.48. The molecule has 0 aliphatic carbocycles. The number of benzene rings is 2. The number of aromatic nitrogens is 4. The first kappa shape index (κ1) is 18.3. The van der Waals surface area contributed by atoms with Gasteiger partial charge in [-0.3, -0.25) is 4.79 Å². The van der Waals surface area contributed by atoms with Crippen molar-refractivity contribution in [1.82, 2.24) is 20.2 Å². The van der Waals surface area contributed by atoms with Gasteiger partial charge in [0.15, 0.2) is 0 Å². The normalized spacial score (nSPS) is 12.0. The maximum absolute atomic E-state index is 12.2. The second-order valence-electron chi connectivity index (χ2n) is 6.13. The van der Waals surface area contributed by atoms with Crippen LogP contribution in [0.4, 0.5) is 5.69 Å². The number of rotatable bonds is 6. The standard InChI is InChI=1S/C19H20BrN5O/c1-3-13(2)14-6-10-17(11-7-14)21-18(26)12-25-23-19(22-24-25)15-4-8-16(20)9-5-15/h4-11,13H,3,12H2,1-2H3,(H,21,26)/t13-/m0/s1. The lowest BCUT2D eigenvalue weighted by atomic mass is 9.99. The lowest BCUT2D eigenvalue weighted by Gasteiger charge is -2.10. The Kier molecular flexibility index (Phi) is 5.78. The van der Waals surface area contributed by atoms with Gasteiger partial charge in [0.25, 0.3) is 0 Å². The monoisotopic (exact) mass is 413 g/mol. The number of anilines is 1. The molecule has 1 aromatic heterocycles. The third-order valence-electron chi connectivity index (χ3n) is 4.22. The molecule has 1 N–H and O–H groups in total. The summed E-state index contributed by atoms with van der Waals surface area (Å²) in [6.45, 7) is 4.36. The van der Waals surface area contributed by atoms with Crippen LogP contribution in [-0.2, 0) is 11.3 Å². The van der Waals surface area contributed by atoms with E-state index in [4.69, 9.17) is 0 Å². The highest BCUT2D eigenvalue weighted by molar-refractivity contribution is 9.10. The summed E-state index contributed by atoms with van der Waals surface area (Å²) in [6.07, 6.45) is 1.09. The molecule has 134 valence electrons. The van der Waals surface area contributed by atoms with Crippen molar-refractivity contribution in [1.29, 1.82) is 0 Å². The Labute approximate surface area is 160 Å². The number of hydrogen-bond acceptors (Lipinski definition) is 4. The van der Waals surface area contributed by atoms with E-state index in [-0.39, 0.29) is 12.5 Å². The Morgan fingerprint density at radius 1 is 1.15 bits per heavy atom. The molecule has 0 aliphatic heterocycles. The average molecular weight is 414 g/mol. The molecule has 0 radical (unpaired) electrons. The minimum atomic E-state index is -0.193. The van der Waals surface area contributed by atoms with Gasteiger partial charge in [-0.15, -0.1) is 10.2 Å². The molecule has 1 atom stereocenters. The number of tetrazole rings is 1. The maximum atomic E-state index is 12.2. The molecular formula is C19H20BrN5O.